The van der Waals surface area contributed by atoms with Crippen LogP contribution < -0.4 is 11.1 Å². The number of nitrogens with two attached hydrogens (primary N) is 1. The topological polar surface area (TPSA) is 85.8 Å². The smallest absolute Gasteiger partial charge is 0.253 e. The second-order valence-electron chi connectivity index (χ2n) is 6.39. The van der Waals surface area contributed by atoms with E-state index in [1.165, 1.54) is 0 Å². The number of rotatable bonds is 4. The van der Waals surface area contributed by atoms with Crippen LogP contribution >= 0.6 is 0 Å². The molecule has 6 nitrogen and oxygen atoms in total. The highest BCUT2D eigenvalue weighted by Crippen LogP contribution is 2.28. The number of carbonyl (C=O) groups excluding carboxylic acids is 1. The van der Waals surface area contributed by atoms with Gasteiger partial charge in [-0.2, -0.15) is 5.10 Å². The van der Waals surface area contributed by atoms with Crippen molar-refractivity contribution in [3.63, 3.8) is 0 Å². The van der Waals surface area contributed by atoms with Crippen molar-refractivity contribution in [2.45, 2.75) is 45.1 Å². The maximum Gasteiger partial charge on any atom is 0.253 e. The normalized spacial score (nSPS) is 16.5. The highest BCUT2D eigenvalue weighted by molar-refractivity contribution is 5.94. The summed E-state index contributed by atoms with van der Waals surface area (Å²) in [5, 5.41) is 7.51. The van der Waals surface area contributed by atoms with Crippen molar-refractivity contribution in [2.75, 3.05) is 6.54 Å². The molecule has 0 saturated heterocycles. The molecule has 1 aliphatic rings. The second-order valence-corrected chi connectivity index (χ2v) is 6.39. The summed E-state index contributed by atoms with van der Waals surface area (Å²) in [6, 6.07) is 5.60. The van der Waals surface area contributed by atoms with Crippen LogP contribution in [0.3, 0.4) is 0 Å². The van der Waals surface area contributed by atoms with E-state index in [0.717, 1.165) is 37.1 Å². The van der Waals surface area contributed by atoms with E-state index in [0.29, 0.717) is 17.9 Å². The maximum atomic E-state index is 12.5. The van der Waals surface area contributed by atoms with Crippen LogP contribution in [0.2, 0.25) is 0 Å². The molecule has 0 bridgehead atoms. The number of carbonyl (C=O) groups is 1. The first kappa shape index (κ1) is 15.7. The summed E-state index contributed by atoms with van der Waals surface area (Å²) in [5.74, 6) is 0.603. The number of hydrogen-bond donors (Lipinski definition) is 2. The molecule has 1 amide bonds. The van der Waals surface area contributed by atoms with E-state index in [9.17, 15) is 4.79 Å². The SMILES string of the molecule is Cc1cc(C)n(-c2ccc(C(=O)NC3(CN)CCCC3)cn2)n1. The third-order valence-corrected chi connectivity index (χ3v) is 4.57. The lowest BCUT2D eigenvalue weighted by Crippen LogP contribution is -2.51. The van der Waals surface area contributed by atoms with E-state index < -0.39 is 0 Å². The Morgan fingerprint density at radius 1 is 1.35 bits per heavy atom. The summed E-state index contributed by atoms with van der Waals surface area (Å²) in [6.07, 6.45) is 5.73. The van der Waals surface area contributed by atoms with E-state index in [1.54, 1.807) is 16.9 Å². The molecule has 0 spiro atoms. The molecule has 23 heavy (non-hydrogen) atoms. The van der Waals surface area contributed by atoms with E-state index in [4.69, 9.17) is 5.73 Å². The van der Waals surface area contributed by atoms with Crippen LogP contribution in [0.1, 0.15) is 47.4 Å². The van der Waals surface area contributed by atoms with Gasteiger partial charge >= 0.3 is 0 Å². The first-order valence-corrected chi connectivity index (χ1v) is 8.05. The summed E-state index contributed by atoms with van der Waals surface area (Å²) in [7, 11) is 0. The van der Waals surface area contributed by atoms with Gasteiger partial charge in [0, 0.05) is 18.4 Å². The van der Waals surface area contributed by atoms with Crippen molar-refractivity contribution in [1.82, 2.24) is 20.1 Å². The molecule has 6 heteroatoms. The van der Waals surface area contributed by atoms with Crippen LogP contribution in [0.5, 0.6) is 0 Å². The van der Waals surface area contributed by atoms with Gasteiger partial charge in [0.15, 0.2) is 5.82 Å². The average molecular weight is 313 g/mol. The van der Waals surface area contributed by atoms with Crippen LogP contribution in [0.15, 0.2) is 24.4 Å². The van der Waals surface area contributed by atoms with Gasteiger partial charge in [-0.25, -0.2) is 9.67 Å². The predicted molar refractivity (Wildman–Crippen MR) is 88.6 cm³/mol. The van der Waals surface area contributed by atoms with Crippen LogP contribution in [-0.4, -0.2) is 32.8 Å². The van der Waals surface area contributed by atoms with Gasteiger partial charge in [0.1, 0.15) is 0 Å². The van der Waals surface area contributed by atoms with Crippen molar-refractivity contribution in [3.8, 4) is 5.82 Å². The molecule has 0 unspecified atom stereocenters. The van der Waals surface area contributed by atoms with Gasteiger partial charge in [-0.15, -0.1) is 0 Å². The Morgan fingerprint density at radius 2 is 2.09 bits per heavy atom. The number of nitrogens with one attached hydrogen (secondary N) is 1. The molecule has 3 rings (SSSR count). The number of pyridine rings is 1. The fourth-order valence-electron chi connectivity index (χ4n) is 3.25. The molecule has 1 fully saturated rings. The quantitative estimate of drug-likeness (QED) is 0.902. The van der Waals surface area contributed by atoms with Gasteiger partial charge in [-0.3, -0.25) is 4.79 Å². The molecule has 3 N–H and O–H groups in total. The minimum absolute atomic E-state index is 0.107. The van der Waals surface area contributed by atoms with E-state index in [2.05, 4.69) is 15.4 Å². The van der Waals surface area contributed by atoms with Crippen molar-refractivity contribution in [1.29, 1.82) is 0 Å². The van der Waals surface area contributed by atoms with E-state index in [-0.39, 0.29) is 11.4 Å². The number of aromatic nitrogens is 3. The van der Waals surface area contributed by atoms with Crippen molar-refractivity contribution in [2.24, 2.45) is 5.73 Å². The van der Waals surface area contributed by atoms with Gasteiger partial charge < -0.3 is 11.1 Å². The van der Waals surface area contributed by atoms with E-state index >= 15 is 0 Å². The highest BCUT2D eigenvalue weighted by Gasteiger charge is 2.34. The Kier molecular flexibility index (Phi) is 4.17. The standard InChI is InChI=1S/C17H23N5O/c1-12-9-13(2)22(21-12)15-6-5-14(10-19-15)16(23)20-17(11-18)7-3-4-8-17/h5-6,9-10H,3-4,7-8,11,18H2,1-2H3,(H,20,23). The fraction of sp³-hybridized carbons (Fsp3) is 0.471. The molecule has 0 radical (unpaired) electrons. The van der Waals surface area contributed by atoms with Gasteiger partial charge in [0.05, 0.1) is 16.8 Å². The number of nitrogens with zero attached hydrogens (tertiary/aromatic N) is 3. The molecule has 0 aliphatic heterocycles. The third kappa shape index (κ3) is 3.12. The Morgan fingerprint density at radius 3 is 2.61 bits per heavy atom. The summed E-state index contributed by atoms with van der Waals surface area (Å²) in [6.45, 7) is 4.41. The summed E-state index contributed by atoms with van der Waals surface area (Å²) < 4.78 is 1.77. The van der Waals surface area contributed by atoms with Crippen molar-refractivity contribution < 1.29 is 4.79 Å². The average Bonchev–Trinajstić information content (AvgIpc) is 3.14. The summed E-state index contributed by atoms with van der Waals surface area (Å²) >= 11 is 0. The molecule has 0 atom stereocenters. The zero-order valence-corrected chi connectivity index (χ0v) is 13.7. The van der Waals surface area contributed by atoms with Gasteiger partial charge in [0.2, 0.25) is 0 Å². The lowest BCUT2D eigenvalue weighted by Gasteiger charge is -2.28. The molecule has 122 valence electrons. The van der Waals surface area contributed by atoms with Crippen molar-refractivity contribution >= 4 is 5.91 Å². The summed E-state index contributed by atoms with van der Waals surface area (Å²) in [5.41, 5.74) is 8.13. The fourth-order valence-corrected chi connectivity index (χ4v) is 3.25. The Labute approximate surface area is 136 Å². The monoisotopic (exact) mass is 313 g/mol. The lowest BCUT2D eigenvalue weighted by molar-refractivity contribution is 0.0902. The zero-order valence-electron chi connectivity index (χ0n) is 13.7. The zero-order chi connectivity index (χ0) is 16.4. The van der Waals surface area contributed by atoms with Crippen LogP contribution in [-0.2, 0) is 0 Å². The Hall–Kier alpha value is -2.21. The first-order chi connectivity index (χ1) is 11.0. The molecule has 0 aromatic carbocycles. The van der Waals surface area contributed by atoms with Gasteiger partial charge in [0.25, 0.3) is 5.91 Å². The lowest BCUT2D eigenvalue weighted by atomic mass is 9.97. The number of hydrogen-bond acceptors (Lipinski definition) is 4. The largest absolute Gasteiger partial charge is 0.345 e. The number of amides is 1. The maximum absolute atomic E-state index is 12.5. The van der Waals surface area contributed by atoms with Crippen LogP contribution in [0.25, 0.3) is 5.82 Å². The minimum atomic E-state index is -0.245. The molecule has 2 aromatic heterocycles. The number of aryl methyl sites for hydroxylation is 2. The van der Waals surface area contributed by atoms with Gasteiger partial charge in [-0.1, -0.05) is 12.8 Å². The Bertz CT molecular complexity index is 698. The Balaban J connectivity index is 1.76. The molecule has 2 aromatic rings. The third-order valence-electron chi connectivity index (χ3n) is 4.57. The van der Waals surface area contributed by atoms with Crippen molar-refractivity contribution in [3.05, 3.63) is 41.3 Å². The first-order valence-electron chi connectivity index (χ1n) is 8.05. The van der Waals surface area contributed by atoms with Gasteiger partial charge in [-0.05, 0) is 44.9 Å². The summed E-state index contributed by atoms with van der Waals surface area (Å²) in [4.78, 5) is 16.8. The molecular formula is C17H23N5O. The molecule has 1 saturated carbocycles. The molecule has 1 aliphatic carbocycles. The molecular weight excluding hydrogens is 290 g/mol. The van der Waals surface area contributed by atoms with Crippen LogP contribution in [0.4, 0.5) is 0 Å². The predicted octanol–water partition coefficient (Wildman–Crippen LogP) is 1.89. The van der Waals surface area contributed by atoms with E-state index in [1.807, 2.05) is 26.0 Å². The second kappa shape index (κ2) is 6.12. The minimum Gasteiger partial charge on any atom is -0.345 e. The molecule has 2 heterocycles. The van der Waals surface area contributed by atoms with Crippen LogP contribution in [0, 0.1) is 13.8 Å². The highest BCUT2D eigenvalue weighted by atomic mass is 16.1.